The SMILES string of the molecule is CCC(CC(=O)O)Nc1ncccc1C(N)=O. The van der Waals surface area contributed by atoms with Gasteiger partial charge in [0.15, 0.2) is 0 Å². The van der Waals surface area contributed by atoms with E-state index in [9.17, 15) is 9.59 Å². The number of carbonyl (C=O) groups is 2. The Morgan fingerprint density at radius 2 is 2.29 bits per heavy atom. The van der Waals surface area contributed by atoms with E-state index in [4.69, 9.17) is 10.8 Å². The number of nitrogens with two attached hydrogens (primary N) is 1. The van der Waals surface area contributed by atoms with Gasteiger partial charge in [0, 0.05) is 12.2 Å². The van der Waals surface area contributed by atoms with Gasteiger partial charge in [0.25, 0.3) is 5.91 Å². The zero-order chi connectivity index (χ0) is 12.8. The number of anilines is 1. The predicted octanol–water partition coefficient (Wildman–Crippen LogP) is 0.846. The first-order chi connectivity index (χ1) is 8.04. The molecule has 1 unspecified atom stereocenters. The first-order valence-corrected chi connectivity index (χ1v) is 5.27. The number of nitrogens with zero attached hydrogens (tertiary/aromatic N) is 1. The Bertz CT molecular complexity index is 420. The molecule has 0 saturated heterocycles. The van der Waals surface area contributed by atoms with E-state index < -0.39 is 11.9 Å². The van der Waals surface area contributed by atoms with Crippen LogP contribution in [0.1, 0.15) is 30.1 Å². The number of aromatic nitrogens is 1. The van der Waals surface area contributed by atoms with Crippen molar-refractivity contribution < 1.29 is 14.7 Å². The van der Waals surface area contributed by atoms with E-state index in [0.717, 1.165) is 0 Å². The van der Waals surface area contributed by atoms with Crippen molar-refractivity contribution in [1.82, 2.24) is 4.98 Å². The van der Waals surface area contributed by atoms with Crippen LogP contribution in [0.4, 0.5) is 5.82 Å². The summed E-state index contributed by atoms with van der Waals surface area (Å²) in [7, 11) is 0. The van der Waals surface area contributed by atoms with E-state index in [-0.39, 0.29) is 18.0 Å². The third-order valence-electron chi connectivity index (χ3n) is 2.33. The number of primary amides is 1. The Hall–Kier alpha value is -2.11. The number of aliphatic carboxylic acids is 1. The summed E-state index contributed by atoms with van der Waals surface area (Å²) in [5.41, 5.74) is 5.46. The summed E-state index contributed by atoms with van der Waals surface area (Å²) < 4.78 is 0. The summed E-state index contributed by atoms with van der Waals surface area (Å²) in [5.74, 6) is -1.17. The number of amides is 1. The normalized spacial score (nSPS) is 11.8. The standard InChI is InChI=1S/C11H15N3O3/c1-2-7(6-9(15)16)14-11-8(10(12)17)4-3-5-13-11/h3-5,7H,2,6H2,1H3,(H2,12,17)(H,13,14)(H,15,16). The highest BCUT2D eigenvalue weighted by Crippen LogP contribution is 2.14. The van der Waals surface area contributed by atoms with Gasteiger partial charge >= 0.3 is 5.97 Å². The number of carbonyl (C=O) groups excluding carboxylic acids is 1. The number of carboxylic acids is 1. The molecule has 17 heavy (non-hydrogen) atoms. The fourth-order valence-corrected chi connectivity index (χ4v) is 1.42. The number of pyridine rings is 1. The van der Waals surface area contributed by atoms with Crippen molar-refractivity contribution in [2.45, 2.75) is 25.8 Å². The van der Waals surface area contributed by atoms with Gasteiger partial charge in [0.05, 0.1) is 12.0 Å². The van der Waals surface area contributed by atoms with Crippen LogP contribution < -0.4 is 11.1 Å². The predicted molar refractivity (Wildman–Crippen MR) is 62.7 cm³/mol. The van der Waals surface area contributed by atoms with E-state index in [0.29, 0.717) is 12.2 Å². The number of hydrogen-bond donors (Lipinski definition) is 3. The summed E-state index contributed by atoms with van der Waals surface area (Å²) in [5, 5.41) is 11.6. The van der Waals surface area contributed by atoms with Crippen molar-refractivity contribution in [1.29, 1.82) is 0 Å². The molecule has 1 atom stereocenters. The van der Waals surface area contributed by atoms with E-state index in [1.165, 1.54) is 6.20 Å². The lowest BCUT2D eigenvalue weighted by Gasteiger charge is -2.16. The highest BCUT2D eigenvalue weighted by atomic mass is 16.4. The topological polar surface area (TPSA) is 105 Å². The average Bonchev–Trinajstić information content (AvgIpc) is 2.28. The van der Waals surface area contributed by atoms with Crippen molar-refractivity contribution in [3.8, 4) is 0 Å². The van der Waals surface area contributed by atoms with Crippen LogP contribution in [-0.2, 0) is 4.79 Å². The van der Waals surface area contributed by atoms with Crippen molar-refractivity contribution in [3.05, 3.63) is 23.9 Å². The molecule has 1 heterocycles. The van der Waals surface area contributed by atoms with Crippen LogP contribution in [0.25, 0.3) is 0 Å². The zero-order valence-corrected chi connectivity index (χ0v) is 9.51. The molecule has 0 aliphatic rings. The van der Waals surface area contributed by atoms with E-state index in [1.54, 1.807) is 12.1 Å². The zero-order valence-electron chi connectivity index (χ0n) is 9.51. The third kappa shape index (κ3) is 3.75. The van der Waals surface area contributed by atoms with Crippen LogP contribution in [0.5, 0.6) is 0 Å². The second kappa shape index (κ2) is 5.83. The van der Waals surface area contributed by atoms with Crippen molar-refractivity contribution in [2.75, 3.05) is 5.32 Å². The van der Waals surface area contributed by atoms with Gasteiger partial charge in [-0.1, -0.05) is 6.92 Å². The maximum absolute atomic E-state index is 11.1. The summed E-state index contributed by atoms with van der Waals surface area (Å²) >= 11 is 0. The minimum absolute atomic E-state index is 0.0364. The van der Waals surface area contributed by atoms with Gasteiger partial charge in [0.1, 0.15) is 5.82 Å². The minimum Gasteiger partial charge on any atom is -0.481 e. The molecule has 4 N–H and O–H groups in total. The molecule has 1 aromatic rings. The van der Waals surface area contributed by atoms with E-state index in [1.807, 2.05) is 6.92 Å². The second-order valence-electron chi connectivity index (χ2n) is 3.61. The van der Waals surface area contributed by atoms with Crippen LogP contribution in [0, 0.1) is 0 Å². The molecule has 0 radical (unpaired) electrons. The van der Waals surface area contributed by atoms with Crippen LogP contribution >= 0.6 is 0 Å². The van der Waals surface area contributed by atoms with Crippen molar-refractivity contribution >= 4 is 17.7 Å². The lowest BCUT2D eigenvalue weighted by atomic mass is 10.1. The van der Waals surface area contributed by atoms with Gasteiger partial charge in [-0.05, 0) is 18.6 Å². The average molecular weight is 237 g/mol. The van der Waals surface area contributed by atoms with E-state index in [2.05, 4.69) is 10.3 Å². The minimum atomic E-state index is -0.902. The first-order valence-electron chi connectivity index (χ1n) is 5.27. The fourth-order valence-electron chi connectivity index (χ4n) is 1.42. The van der Waals surface area contributed by atoms with Gasteiger partial charge < -0.3 is 16.2 Å². The molecule has 1 amide bonds. The molecule has 92 valence electrons. The second-order valence-corrected chi connectivity index (χ2v) is 3.61. The molecule has 0 aliphatic heterocycles. The Balaban J connectivity index is 2.85. The molecule has 6 heteroatoms. The summed E-state index contributed by atoms with van der Waals surface area (Å²) in [6, 6.07) is 2.87. The maximum atomic E-state index is 11.1. The van der Waals surface area contributed by atoms with Crippen LogP contribution in [0.2, 0.25) is 0 Å². The van der Waals surface area contributed by atoms with Crippen LogP contribution in [0.15, 0.2) is 18.3 Å². The van der Waals surface area contributed by atoms with Gasteiger partial charge in [-0.15, -0.1) is 0 Å². The Morgan fingerprint density at radius 3 is 2.82 bits per heavy atom. The molecule has 0 spiro atoms. The lowest BCUT2D eigenvalue weighted by Crippen LogP contribution is -2.25. The monoisotopic (exact) mass is 237 g/mol. The molecule has 0 fully saturated rings. The van der Waals surface area contributed by atoms with Crippen molar-refractivity contribution in [2.24, 2.45) is 5.73 Å². The molecule has 0 bridgehead atoms. The van der Waals surface area contributed by atoms with Gasteiger partial charge in [-0.25, -0.2) is 4.98 Å². The van der Waals surface area contributed by atoms with Gasteiger partial charge in [-0.2, -0.15) is 0 Å². The van der Waals surface area contributed by atoms with Crippen molar-refractivity contribution in [3.63, 3.8) is 0 Å². The molecule has 0 aliphatic carbocycles. The Kier molecular flexibility index (Phi) is 4.45. The third-order valence-corrected chi connectivity index (χ3v) is 2.33. The largest absolute Gasteiger partial charge is 0.481 e. The number of carboxylic acid groups (broad SMARTS) is 1. The number of nitrogens with one attached hydrogen (secondary N) is 1. The van der Waals surface area contributed by atoms with Crippen LogP contribution in [-0.4, -0.2) is 28.0 Å². The van der Waals surface area contributed by atoms with Crippen LogP contribution in [0.3, 0.4) is 0 Å². The highest BCUT2D eigenvalue weighted by Gasteiger charge is 2.15. The number of rotatable bonds is 6. The summed E-state index contributed by atoms with van der Waals surface area (Å²) in [6.45, 7) is 1.85. The molecular weight excluding hydrogens is 222 g/mol. The summed E-state index contributed by atoms with van der Waals surface area (Å²) in [6.07, 6.45) is 2.09. The molecule has 0 aromatic carbocycles. The Labute approximate surface area is 98.8 Å². The highest BCUT2D eigenvalue weighted by molar-refractivity contribution is 5.97. The molecule has 1 rings (SSSR count). The van der Waals surface area contributed by atoms with Gasteiger partial charge in [0.2, 0.25) is 0 Å². The maximum Gasteiger partial charge on any atom is 0.305 e. The number of hydrogen-bond acceptors (Lipinski definition) is 4. The lowest BCUT2D eigenvalue weighted by molar-refractivity contribution is -0.137. The molecule has 0 saturated carbocycles. The quantitative estimate of drug-likeness (QED) is 0.680. The Morgan fingerprint density at radius 1 is 1.59 bits per heavy atom. The summed E-state index contributed by atoms with van der Waals surface area (Å²) in [4.78, 5) is 25.8. The smallest absolute Gasteiger partial charge is 0.305 e. The van der Waals surface area contributed by atoms with Gasteiger partial charge in [-0.3, -0.25) is 9.59 Å². The van der Waals surface area contributed by atoms with E-state index >= 15 is 0 Å². The molecular formula is C11H15N3O3. The molecule has 6 nitrogen and oxygen atoms in total. The molecule has 1 aromatic heterocycles. The fraction of sp³-hybridized carbons (Fsp3) is 0.364. The first kappa shape index (κ1) is 13.0.